The van der Waals surface area contributed by atoms with Gasteiger partial charge in [-0.25, -0.2) is 4.98 Å². The molecule has 3 aromatic rings. The Morgan fingerprint density at radius 2 is 2.09 bits per heavy atom. The molecule has 5 nitrogen and oxygen atoms in total. The van der Waals surface area contributed by atoms with Gasteiger partial charge in [0.1, 0.15) is 11.4 Å². The van der Waals surface area contributed by atoms with Gasteiger partial charge in [0, 0.05) is 30.2 Å². The number of nitrogens with one attached hydrogen (secondary N) is 1. The van der Waals surface area contributed by atoms with Gasteiger partial charge in [0.15, 0.2) is 0 Å². The van der Waals surface area contributed by atoms with E-state index in [0.29, 0.717) is 11.8 Å². The first-order valence-electron chi connectivity index (χ1n) is 13.0. The van der Waals surface area contributed by atoms with Gasteiger partial charge in [-0.2, -0.15) is 0 Å². The standard InChI is InChI=1S/C29H37N3O2S/c1-20(2)28(33)34-29(19-21-12-13-22(29)18-23(21)26-10-7-17-35-26)14-16-32(3)15-6-11-27-30-24-8-4-5-9-25(24)31-27/h4-5,7-10,17-18,20-22H,6,11-16,19H2,1-3H3,(H,30,31). The highest BCUT2D eigenvalue weighted by Gasteiger charge is 2.50. The Bertz CT molecular complexity index is 1150. The topological polar surface area (TPSA) is 58.2 Å². The summed E-state index contributed by atoms with van der Waals surface area (Å²) >= 11 is 1.82. The van der Waals surface area contributed by atoms with Crippen molar-refractivity contribution in [3.8, 4) is 0 Å². The summed E-state index contributed by atoms with van der Waals surface area (Å²) in [5.74, 6) is 1.68. The maximum Gasteiger partial charge on any atom is 0.308 e. The van der Waals surface area contributed by atoms with E-state index in [4.69, 9.17) is 9.72 Å². The van der Waals surface area contributed by atoms with Crippen LogP contribution in [0.1, 0.15) is 56.7 Å². The second-order valence-electron chi connectivity index (χ2n) is 10.7. The number of hydrogen-bond donors (Lipinski definition) is 1. The van der Waals surface area contributed by atoms with Crippen LogP contribution in [0.2, 0.25) is 0 Å². The first kappa shape index (κ1) is 24.3. The van der Waals surface area contributed by atoms with Gasteiger partial charge in [0.2, 0.25) is 0 Å². The number of hydrogen-bond acceptors (Lipinski definition) is 5. The minimum Gasteiger partial charge on any atom is -0.458 e. The number of ether oxygens (including phenoxy) is 1. The van der Waals surface area contributed by atoms with Crippen LogP contribution in [0.5, 0.6) is 0 Å². The Morgan fingerprint density at radius 1 is 1.23 bits per heavy atom. The number of allylic oxidation sites excluding steroid dienone is 1. The molecule has 2 aromatic heterocycles. The highest BCUT2D eigenvalue weighted by atomic mass is 32.1. The van der Waals surface area contributed by atoms with E-state index in [1.807, 2.05) is 37.3 Å². The fraction of sp³-hybridized carbons (Fsp3) is 0.517. The van der Waals surface area contributed by atoms with Crippen molar-refractivity contribution in [2.75, 3.05) is 20.1 Å². The predicted molar refractivity (Wildman–Crippen MR) is 143 cm³/mol. The molecule has 0 spiro atoms. The number of rotatable bonds is 10. The Labute approximate surface area is 212 Å². The highest BCUT2D eigenvalue weighted by molar-refractivity contribution is 7.11. The lowest BCUT2D eigenvalue weighted by Crippen LogP contribution is -2.51. The van der Waals surface area contributed by atoms with Gasteiger partial charge in [-0.05, 0) is 74.3 Å². The van der Waals surface area contributed by atoms with E-state index in [1.54, 1.807) is 0 Å². The normalized spacial score (nSPS) is 23.9. The monoisotopic (exact) mass is 491 g/mol. The SMILES string of the molecule is CC(C)C(=O)OC1(CCN(C)CCCc2nc3ccccc3[nH]2)CC2CCC1C=C2c1cccs1. The lowest BCUT2D eigenvalue weighted by atomic mass is 9.61. The van der Waals surface area contributed by atoms with E-state index >= 15 is 0 Å². The largest absolute Gasteiger partial charge is 0.458 e. The van der Waals surface area contributed by atoms with Crippen LogP contribution >= 0.6 is 11.3 Å². The second kappa shape index (κ2) is 10.3. The van der Waals surface area contributed by atoms with Crippen LogP contribution in [0.25, 0.3) is 16.6 Å². The summed E-state index contributed by atoms with van der Waals surface area (Å²) in [6.07, 6.45) is 8.57. The molecule has 1 fully saturated rings. The number of H-pyrrole nitrogens is 1. The number of aromatic amines is 1. The van der Waals surface area contributed by atoms with Crippen molar-refractivity contribution in [2.24, 2.45) is 17.8 Å². The van der Waals surface area contributed by atoms with Crippen LogP contribution in [-0.2, 0) is 16.0 Å². The number of nitrogens with zero attached hydrogens (tertiary/aromatic N) is 2. The van der Waals surface area contributed by atoms with Gasteiger partial charge < -0.3 is 14.6 Å². The molecular formula is C29H37N3O2S. The molecule has 2 bridgehead atoms. The van der Waals surface area contributed by atoms with Gasteiger partial charge in [0.05, 0.1) is 17.0 Å². The molecule has 1 saturated carbocycles. The lowest BCUT2D eigenvalue weighted by molar-refractivity contribution is -0.176. The van der Waals surface area contributed by atoms with Gasteiger partial charge >= 0.3 is 5.97 Å². The van der Waals surface area contributed by atoms with Crippen LogP contribution in [0.3, 0.4) is 0 Å². The van der Waals surface area contributed by atoms with Crippen LogP contribution < -0.4 is 0 Å². The third-order valence-corrected chi connectivity index (χ3v) is 8.72. The van der Waals surface area contributed by atoms with Crippen molar-refractivity contribution in [1.82, 2.24) is 14.9 Å². The van der Waals surface area contributed by atoms with Crippen LogP contribution in [0.4, 0.5) is 0 Å². The second-order valence-corrected chi connectivity index (χ2v) is 11.6. The Balaban J connectivity index is 1.22. The predicted octanol–water partition coefficient (Wildman–Crippen LogP) is 6.33. The summed E-state index contributed by atoms with van der Waals surface area (Å²) in [6, 6.07) is 12.6. The van der Waals surface area contributed by atoms with Crippen molar-refractivity contribution < 1.29 is 9.53 Å². The third-order valence-electron chi connectivity index (χ3n) is 7.80. The summed E-state index contributed by atoms with van der Waals surface area (Å²) in [5.41, 5.74) is 3.24. The summed E-state index contributed by atoms with van der Waals surface area (Å²) < 4.78 is 6.38. The van der Waals surface area contributed by atoms with Crippen molar-refractivity contribution in [3.05, 3.63) is 58.6 Å². The molecule has 6 rings (SSSR count). The molecule has 35 heavy (non-hydrogen) atoms. The molecule has 0 amide bonds. The fourth-order valence-corrected chi connectivity index (χ4v) is 6.63. The molecule has 1 N–H and O–H groups in total. The van der Waals surface area contributed by atoms with Crippen LogP contribution in [0, 0.1) is 17.8 Å². The van der Waals surface area contributed by atoms with Crippen LogP contribution in [0.15, 0.2) is 47.9 Å². The molecule has 3 aliphatic rings. The zero-order valence-corrected chi connectivity index (χ0v) is 21.9. The van der Waals surface area contributed by atoms with Gasteiger partial charge in [0.25, 0.3) is 0 Å². The number of carbonyl (C=O) groups excluding carboxylic acids is 1. The Morgan fingerprint density at radius 3 is 2.80 bits per heavy atom. The molecule has 0 aliphatic heterocycles. The average molecular weight is 492 g/mol. The minimum absolute atomic E-state index is 0.0591. The molecule has 0 saturated heterocycles. The minimum atomic E-state index is -0.377. The van der Waals surface area contributed by atoms with Crippen molar-refractivity contribution in [1.29, 1.82) is 0 Å². The highest BCUT2D eigenvalue weighted by Crippen LogP contribution is 2.53. The number of aromatic nitrogens is 2. The smallest absolute Gasteiger partial charge is 0.308 e. The maximum atomic E-state index is 12.8. The first-order valence-corrected chi connectivity index (χ1v) is 13.9. The molecule has 3 unspecified atom stereocenters. The summed E-state index contributed by atoms with van der Waals surface area (Å²) in [7, 11) is 2.19. The third kappa shape index (κ3) is 5.24. The number of para-hydroxylation sites is 2. The van der Waals surface area contributed by atoms with Crippen molar-refractivity contribution in [3.63, 3.8) is 0 Å². The van der Waals surface area contributed by atoms with Crippen molar-refractivity contribution >= 4 is 33.9 Å². The molecule has 2 heterocycles. The van der Waals surface area contributed by atoms with E-state index < -0.39 is 0 Å². The lowest BCUT2D eigenvalue weighted by Gasteiger charge is -2.50. The summed E-state index contributed by atoms with van der Waals surface area (Å²) in [4.78, 5) is 24.7. The fourth-order valence-electron chi connectivity index (χ4n) is 5.80. The van der Waals surface area contributed by atoms with E-state index in [9.17, 15) is 4.79 Å². The average Bonchev–Trinajstić information content (AvgIpc) is 3.53. The van der Waals surface area contributed by atoms with E-state index in [0.717, 1.165) is 62.1 Å². The molecule has 6 heteroatoms. The number of fused-ring (bicyclic) bond motifs is 3. The molecule has 3 atom stereocenters. The van der Waals surface area contributed by atoms with Gasteiger partial charge in [-0.3, -0.25) is 4.79 Å². The summed E-state index contributed by atoms with van der Waals surface area (Å²) in [6.45, 7) is 5.80. The first-order chi connectivity index (χ1) is 16.9. The Kier molecular flexibility index (Phi) is 7.12. The number of imidazole rings is 1. The molecule has 3 aliphatic carbocycles. The van der Waals surface area contributed by atoms with Crippen molar-refractivity contribution in [2.45, 2.75) is 58.0 Å². The number of aryl methyl sites for hydroxylation is 1. The number of benzene rings is 1. The zero-order chi connectivity index (χ0) is 24.4. The summed E-state index contributed by atoms with van der Waals surface area (Å²) in [5, 5.41) is 2.16. The molecule has 0 radical (unpaired) electrons. The van der Waals surface area contributed by atoms with E-state index in [2.05, 4.69) is 52.7 Å². The maximum absolute atomic E-state index is 12.8. The van der Waals surface area contributed by atoms with Gasteiger partial charge in [-0.1, -0.05) is 38.1 Å². The number of esters is 1. The Hall–Kier alpha value is -2.44. The van der Waals surface area contributed by atoms with Crippen LogP contribution in [-0.4, -0.2) is 46.6 Å². The van der Waals surface area contributed by atoms with E-state index in [1.165, 1.54) is 16.9 Å². The number of carbonyl (C=O) groups is 1. The number of thiophene rings is 1. The van der Waals surface area contributed by atoms with E-state index in [-0.39, 0.29) is 17.5 Å². The van der Waals surface area contributed by atoms with Gasteiger partial charge in [-0.15, -0.1) is 11.3 Å². The molecular weight excluding hydrogens is 454 g/mol. The zero-order valence-electron chi connectivity index (χ0n) is 21.1. The molecule has 186 valence electrons. The molecule has 1 aromatic carbocycles. The quantitative estimate of drug-likeness (QED) is 0.337.